The fourth-order valence-corrected chi connectivity index (χ4v) is 2.98. The molecule has 4 nitrogen and oxygen atoms in total. The number of carbonyl (C=O) groups is 2. The molecule has 0 aromatic heterocycles. The standard InChI is InChI=1S/C19H17NO3/c1-3-18(21)20-12-16(15-6-4-5-7-17(15)20)13-8-10-14(11-9-13)19(22)23-2/h3-11,16H,1,12H2,2H3. The first-order valence-corrected chi connectivity index (χ1v) is 7.37. The lowest BCUT2D eigenvalue weighted by Gasteiger charge is -2.15. The van der Waals surface area contributed by atoms with E-state index < -0.39 is 0 Å². The van der Waals surface area contributed by atoms with E-state index >= 15 is 0 Å². The fourth-order valence-electron chi connectivity index (χ4n) is 2.98. The predicted octanol–water partition coefficient (Wildman–Crippen LogP) is 3.14. The Bertz CT molecular complexity index is 764. The van der Waals surface area contributed by atoms with E-state index in [1.807, 2.05) is 36.4 Å². The van der Waals surface area contributed by atoms with Crippen LogP contribution in [0.2, 0.25) is 0 Å². The van der Waals surface area contributed by atoms with Crippen molar-refractivity contribution >= 4 is 17.6 Å². The second-order valence-corrected chi connectivity index (χ2v) is 5.38. The monoisotopic (exact) mass is 307 g/mol. The van der Waals surface area contributed by atoms with Gasteiger partial charge in [0.05, 0.1) is 12.7 Å². The third kappa shape index (κ3) is 2.63. The topological polar surface area (TPSA) is 46.6 Å². The van der Waals surface area contributed by atoms with Gasteiger partial charge in [-0.2, -0.15) is 0 Å². The summed E-state index contributed by atoms with van der Waals surface area (Å²) in [6, 6.07) is 15.2. The minimum atomic E-state index is -0.355. The van der Waals surface area contributed by atoms with E-state index in [-0.39, 0.29) is 17.8 Å². The molecule has 0 radical (unpaired) electrons. The molecule has 2 aromatic rings. The van der Waals surface area contributed by atoms with Gasteiger partial charge in [-0.25, -0.2) is 4.79 Å². The van der Waals surface area contributed by atoms with Crippen molar-refractivity contribution in [1.82, 2.24) is 0 Å². The van der Waals surface area contributed by atoms with Crippen molar-refractivity contribution in [3.63, 3.8) is 0 Å². The summed E-state index contributed by atoms with van der Waals surface area (Å²) in [5, 5.41) is 0. The molecule has 0 spiro atoms. The number of para-hydroxylation sites is 1. The van der Waals surface area contributed by atoms with E-state index in [1.54, 1.807) is 17.0 Å². The Labute approximate surface area is 135 Å². The summed E-state index contributed by atoms with van der Waals surface area (Å²) >= 11 is 0. The first kappa shape index (κ1) is 15.0. The lowest BCUT2D eigenvalue weighted by atomic mass is 9.92. The Morgan fingerprint density at radius 2 is 1.87 bits per heavy atom. The molecule has 0 fully saturated rings. The van der Waals surface area contributed by atoms with Crippen molar-refractivity contribution in [1.29, 1.82) is 0 Å². The maximum Gasteiger partial charge on any atom is 0.337 e. The molecule has 0 aliphatic carbocycles. The second kappa shape index (κ2) is 6.08. The lowest BCUT2D eigenvalue weighted by Crippen LogP contribution is -2.28. The van der Waals surface area contributed by atoms with Crippen LogP contribution in [-0.4, -0.2) is 25.5 Å². The van der Waals surface area contributed by atoms with E-state index in [0.29, 0.717) is 12.1 Å². The number of benzene rings is 2. The molecular weight excluding hydrogens is 290 g/mol. The molecular formula is C19H17NO3. The minimum absolute atomic E-state index is 0.0850. The zero-order valence-electron chi connectivity index (χ0n) is 12.9. The zero-order chi connectivity index (χ0) is 16.4. The Morgan fingerprint density at radius 1 is 1.17 bits per heavy atom. The molecule has 1 atom stereocenters. The summed E-state index contributed by atoms with van der Waals surface area (Å²) in [5.74, 6) is -0.375. The van der Waals surface area contributed by atoms with Crippen molar-refractivity contribution in [3.05, 3.63) is 77.9 Å². The third-order valence-electron chi connectivity index (χ3n) is 4.14. The summed E-state index contributed by atoms with van der Waals surface area (Å²) in [6.07, 6.45) is 1.33. The number of carbonyl (C=O) groups excluding carboxylic acids is 2. The van der Waals surface area contributed by atoms with E-state index in [2.05, 4.69) is 6.58 Å². The van der Waals surface area contributed by atoms with Crippen LogP contribution in [0.25, 0.3) is 0 Å². The highest BCUT2D eigenvalue weighted by atomic mass is 16.5. The van der Waals surface area contributed by atoms with Gasteiger partial charge in [0, 0.05) is 18.2 Å². The number of methoxy groups -OCH3 is 1. The SMILES string of the molecule is C=CC(=O)N1CC(c2ccc(C(=O)OC)cc2)c2ccccc21. The molecule has 4 heteroatoms. The molecule has 1 aliphatic rings. The van der Waals surface area contributed by atoms with Crippen LogP contribution in [0.1, 0.15) is 27.4 Å². The fraction of sp³-hybridized carbons (Fsp3) is 0.158. The molecule has 0 N–H and O–H groups in total. The Hall–Kier alpha value is -2.88. The first-order valence-electron chi connectivity index (χ1n) is 7.37. The average molecular weight is 307 g/mol. The van der Waals surface area contributed by atoms with Crippen LogP contribution in [0.4, 0.5) is 5.69 Å². The number of nitrogens with zero attached hydrogens (tertiary/aromatic N) is 1. The van der Waals surface area contributed by atoms with Gasteiger partial charge in [-0.1, -0.05) is 36.9 Å². The van der Waals surface area contributed by atoms with Gasteiger partial charge in [0.2, 0.25) is 5.91 Å². The molecule has 0 bridgehead atoms. The Morgan fingerprint density at radius 3 is 2.52 bits per heavy atom. The number of anilines is 1. The molecule has 1 heterocycles. The van der Waals surface area contributed by atoms with Crippen molar-refractivity contribution < 1.29 is 14.3 Å². The predicted molar refractivity (Wildman–Crippen MR) is 88.6 cm³/mol. The van der Waals surface area contributed by atoms with Crippen LogP contribution >= 0.6 is 0 Å². The maximum atomic E-state index is 12.1. The third-order valence-corrected chi connectivity index (χ3v) is 4.14. The van der Waals surface area contributed by atoms with E-state index in [4.69, 9.17) is 4.74 Å². The maximum absolute atomic E-state index is 12.1. The molecule has 2 aromatic carbocycles. The van der Waals surface area contributed by atoms with Crippen LogP contribution in [0.15, 0.2) is 61.2 Å². The molecule has 3 rings (SSSR count). The summed E-state index contributed by atoms with van der Waals surface area (Å²) in [6.45, 7) is 4.14. The average Bonchev–Trinajstić information content (AvgIpc) is 3.00. The van der Waals surface area contributed by atoms with Crippen LogP contribution in [0, 0.1) is 0 Å². The summed E-state index contributed by atoms with van der Waals surface area (Å²) < 4.78 is 4.72. The summed E-state index contributed by atoms with van der Waals surface area (Å²) in [7, 11) is 1.36. The number of hydrogen-bond acceptors (Lipinski definition) is 3. The highest BCUT2D eigenvalue weighted by Crippen LogP contribution is 2.40. The molecule has 0 saturated carbocycles. The highest BCUT2D eigenvalue weighted by Gasteiger charge is 2.31. The number of amides is 1. The Kier molecular flexibility index (Phi) is 3.98. The van der Waals surface area contributed by atoms with Crippen molar-refractivity contribution in [2.45, 2.75) is 5.92 Å². The van der Waals surface area contributed by atoms with Crippen molar-refractivity contribution in [3.8, 4) is 0 Å². The van der Waals surface area contributed by atoms with E-state index in [0.717, 1.165) is 16.8 Å². The molecule has 23 heavy (non-hydrogen) atoms. The molecule has 1 amide bonds. The minimum Gasteiger partial charge on any atom is -0.465 e. The number of ether oxygens (including phenoxy) is 1. The van der Waals surface area contributed by atoms with E-state index in [9.17, 15) is 9.59 Å². The highest BCUT2D eigenvalue weighted by molar-refractivity contribution is 6.03. The number of fused-ring (bicyclic) bond motifs is 1. The first-order chi connectivity index (χ1) is 11.2. The van der Waals surface area contributed by atoms with Gasteiger partial charge < -0.3 is 9.64 Å². The summed E-state index contributed by atoms with van der Waals surface area (Å²) in [5.41, 5.74) is 3.60. The number of hydrogen-bond donors (Lipinski definition) is 0. The van der Waals surface area contributed by atoms with Gasteiger partial charge >= 0.3 is 5.97 Å². The zero-order valence-corrected chi connectivity index (χ0v) is 12.9. The second-order valence-electron chi connectivity index (χ2n) is 5.38. The van der Waals surface area contributed by atoms with Gasteiger partial charge in [0.1, 0.15) is 0 Å². The van der Waals surface area contributed by atoms with Crippen molar-refractivity contribution in [2.75, 3.05) is 18.6 Å². The number of esters is 1. The molecule has 1 aliphatic heterocycles. The largest absolute Gasteiger partial charge is 0.465 e. The van der Waals surface area contributed by atoms with Gasteiger partial charge in [-0.05, 0) is 35.4 Å². The number of rotatable bonds is 3. The van der Waals surface area contributed by atoms with Crippen LogP contribution in [-0.2, 0) is 9.53 Å². The summed E-state index contributed by atoms with van der Waals surface area (Å²) in [4.78, 5) is 25.4. The normalized spacial score (nSPS) is 15.9. The molecule has 0 saturated heterocycles. The van der Waals surface area contributed by atoms with Crippen molar-refractivity contribution in [2.24, 2.45) is 0 Å². The van der Waals surface area contributed by atoms with Crippen LogP contribution in [0.3, 0.4) is 0 Å². The molecule has 1 unspecified atom stereocenters. The molecule has 116 valence electrons. The van der Waals surface area contributed by atoms with Crippen LogP contribution < -0.4 is 4.90 Å². The van der Waals surface area contributed by atoms with Crippen LogP contribution in [0.5, 0.6) is 0 Å². The van der Waals surface area contributed by atoms with Gasteiger partial charge in [0.25, 0.3) is 0 Å². The van der Waals surface area contributed by atoms with Gasteiger partial charge in [-0.15, -0.1) is 0 Å². The smallest absolute Gasteiger partial charge is 0.337 e. The quantitative estimate of drug-likeness (QED) is 0.646. The van der Waals surface area contributed by atoms with E-state index in [1.165, 1.54) is 13.2 Å². The van der Waals surface area contributed by atoms with Gasteiger partial charge in [0.15, 0.2) is 0 Å². The van der Waals surface area contributed by atoms with Gasteiger partial charge in [-0.3, -0.25) is 4.79 Å². The lowest BCUT2D eigenvalue weighted by molar-refractivity contribution is -0.114. The Balaban J connectivity index is 1.96.